The lowest BCUT2D eigenvalue weighted by atomic mass is 9.81. The van der Waals surface area contributed by atoms with E-state index in [9.17, 15) is 0 Å². The number of aromatic nitrogens is 2. The Labute approximate surface area is 248 Å². The number of fused-ring (bicyclic) bond motifs is 2. The van der Waals surface area contributed by atoms with Crippen LogP contribution in [0.5, 0.6) is 0 Å². The molecule has 2 aromatic heterocycles. The molecule has 5 rings (SSSR count). The molecular weight excluding hydrogens is 538 g/mol. The molecule has 0 bridgehead atoms. The summed E-state index contributed by atoms with van der Waals surface area (Å²) in [5.74, 6) is 0. The number of halogens is 2. The standard InChI is InChI=1S/C15H15N.C9H17BO2.C9H5Cl2N/c1-10(2)12-7-13-9-16-6-5-14(13)15(8-12)11(3)4;1-7(2)10-11-8(3,4)9(5,6)12-10;10-7-3-6-5-12-2-1-8(6)9(11)4-7/h5-9H,1,3H2,2,4H3;1H2,2-6H3;1-5H. The van der Waals surface area contributed by atoms with Gasteiger partial charge >= 0.3 is 7.12 Å². The molecule has 0 saturated carbocycles. The van der Waals surface area contributed by atoms with Gasteiger partial charge in [-0.3, -0.25) is 9.97 Å². The van der Waals surface area contributed by atoms with Gasteiger partial charge in [0.25, 0.3) is 0 Å². The Morgan fingerprint density at radius 2 is 1.27 bits per heavy atom. The fourth-order valence-corrected chi connectivity index (χ4v) is 4.55. The van der Waals surface area contributed by atoms with Crippen LogP contribution >= 0.6 is 23.2 Å². The molecule has 3 heterocycles. The maximum absolute atomic E-state index is 5.95. The highest BCUT2D eigenvalue weighted by atomic mass is 35.5. The second-order valence-corrected chi connectivity index (χ2v) is 11.9. The number of rotatable bonds is 3. The van der Waals surface area contributed by atoms with Crippen molar-refractivity contribution < 1.29 is 9.31 Å². The second-order valence-electron chi connectivity index (χ2n) is 11.1. The zero-order valence-electron chi connectivity index (χ0n) is 24.4. The number of hydrogen-bond donors (Lipinski definition) is 0. The highest BCUT2D eigenvalue weighted by Crippen LogP contribution is 2.38. The minimum Gasteiger partial charge on any atom is -0.400 e. The highest BCUT2D eigenvalue weighted by Gasteiger charge is 2.51. The van der Waals surface area contributed by atoms with Crippen LogP contribution in [-0.4, -0.2) is 28.3 Å². The van der Waals surface area contributed by atoms with Crippen molar-refractivity contribution in [3.8, 4) is 0 Å². The molecule has 208 valence electrons. The molecule has 7 heteroatoms. The van der Waals surface area contributed by atoms with E-state index >= 15 is 0 Å². The molecule has 0 radical (unpaired) electrons. The highest BCUT2D eigenvalue weighted by molar-refractivity contribution is 6.54. The molecule has 0 amide bonds. The normalized spacial score (nSPS) is 15.1. The van der Waals surface area contributed by atoms with Gasteiger partial charge in [-0.1, -0.05) is 53.0 Å². The molecular formula is C33H37BCl2N2O2. The van der Waals surface area contributed by atoms with Crippen LogP contribution in [0.15, 0.2) is 86.4 Å². The molecule has 1 aliphatic heterocycles. The predicted molar refractivity (Wildman–Crippen MR) is 174 cm³/mol. The Kier molecular flexibility index (Phi) is 10.0. The molecule has 2 aromatic carbocycles. The van der Waals surface area contributed by atoms with Crippen molar-refractivity contribution in [3.05, 3.63) is 108 Å². The summed E-state index contributed by atoms with van der Waals surface area (Å²) in [7, 11) is -0.241. The summed E-state index contributed by atoms with van der Waals surface area (Å²) in [6, 6.07) is 11.7. The first-order valence-corrected chi connectivity index (χ1v) is 13.8. The summed E-state index contributed by atoms with van der Waals surface area (Å²) < 4.78 is 11.4. The number of benzene rings is 2. The van der Waals surface area contributed by atoms with Gasteiger partial charge in [0.1, 0.15) is 0 Å². The molecule has 1 aliphatic rings. The third-order valence-corrected chi connectivity index (χ3v) is 7.56. The zero-order valence-corrected chi connectivity index (χ0v) is 26.0. The van der Waals surface area contributed by atoms with Crippen molar-refractivity contribution in [3.63, 3.8) is 0 Å². The molecule has 0 N–H and O–H groups in total. The van der Waals surface area contributed by atoms with Crippen LogP contribution in [0, 0.1) is 0 Å². The Balaban J connectivity index is 0.000000168. The van der Waals surface area contributed by atoms with E-state index in [1.165, 1.54) is 10.9 Å². The topological polar surface area (TPSA) is 44.2 Å². The number of allylic oxidation sites excluding steroid dienone is 3. The minimum absolute atomic E-state index is 0.239. The van der Waals surface area contributed by atoms with Gasteiger partial charge in [-0.15, -0.1) is 6.58 Å². The minimum atomic E-state index is -0.241. The summed E-state index contributed by atoms with van der Waals surface area (Å²) in [4.78, 5) is 8.13. The largest absolute Gasteiger partial charge is 0.489 e. The van der Waals surface area contributed by atoms with E-state index in [1.54, 1.807) is 18.5 Å². The first kappa shape index (κ1) is 31.6. The summed E-state index contributed by atoms with van der Waals surface area (Å²) >= 11 is 11.8. The van der Waals surface area contributed by atoms with Gasteiger partial charge in [0.15, 0.2) is 0 Å². The third kappa shape index (κ3) is 7.41. The molecule has 0 aliphatic carbocycles. The fraction of sp³-hybridized carbons (Fsp3) is 0.273. The number of hydrogen-bond acceptors (Lipinski definition) is 4. The average Bonchev–Trinajstić information content (AvgIpc) is 3.10. The smallest absolute Gasteiger partial charge is 0.400 e. The second kappa shape index (κ2) is 12.7. The summed E-state index contributed by atoms with van der Waals surface area (Å²) in [6.45, 7) is 25.9. The predicted octanol–water partition coefficient (Wildman–Crippen LogP) is 10.0. The van der Waals surface area contributed by atoms with Crippen molar-refractivity contribution in [2.24, 2.45) is 0 Å². The molecule has 1 fully saturated rings. The molecule has 40 heavy (non-hydrogen) atoms. The Morgan fingerprint density at radius 1 is 0.750 bits per heavy atom. The molecule has 0 unspecified atom stereocenters. The number of nitrogens with zero attached hydrogens (tertiary/aromatic N) is 2. The summed E-state index contributed by atoms with van der Waals surface area (Å²) in [6.07, 6.45) is 7.15. The molecule has 1 saturated heterocycles. The first-order chi connectivity index (χ1) is 18.6. The Hall–Kier alpha value is -2.96. The van der Waals surface area contributed by atoms with Crippen molar-refractivity contribution in [2.75, 3.05) is 0 Å². The van der Waals surface area contributed by atoms with E-state index in [0.717, 1.165) is 38.3 Å². The van der Waals surface area contributed by atoms with E-state index in [4.69, 9.17) is 32.5 Å². The quantitative estimate of drug-likeness (QED) is 0.228. The Morgan fingerprint density at radius 3 is 1.75 bits per heavy atom. The number of pyridine rings is 2. The third-order valence-electron chi connectivity index (χ3n) is 7.03. The van der Waals surface area contributed by atoms with Gasteiger partial charge in [0.2, 0.25) is 0 Å². The van der Waals surface area contributed by atoms with Crippen LogP contribution in [-0.2, 0) is 9.31 Å². The van der Waals surface area contributed by atoms with Gasteiger partial charge in [-0.05, 0) is 101 Å². The van der Waals surface area contributed by atoms with Crippen molar-refractivity contribution in [1.82, 2.24) is 9.97 Å². The van der Waals surface area contributed by atoms with Crippen molar-refractivity contribution >= 4 is 63.0 Å². The maximum atomic E-state index is 5.95. The van der Waals surface area contributed by atoms with Crippen LogP contribution in [0.2, 0.25) is 10.0 Å². The van der Waals surface area contributed by atoms with Gasteiger partial charge in [0.05, 0.1) is 11.2 Å². The van der Waals surface area contributed by atoms with E-state index in [-0.39, 0.29) is 18.3 Å². The van der Waals surface area contributed by atoms with Crippen LogP contribution in [0.1, 0.15) is 59.6 Å². The van der Waals surface area contributed by atoms with E-state index in [2.05, 4.69) is 41.8 Å². The summed E-state index contributed by atoms with van der Waals surface area (Å²) in [5, 5.41) is 5.60. The van der Waals surface area contributed by atoms with E-state index in [0.29, 0.717) is 10.0 Å². The van der Waals surface area contributed by atoms with Crippen molar-refractivity contribution in [1.29, 1.82) is 0 Å². The van der Waals surface area contributed by atoms with E-state index in [1.807, 2.05) is 79.1 Å². The summed E-state index contributed by atoms with van der Waals surface area (Å²) in [5.41, 5.74) is 4.91. The van der Waals surface area contributed by atoms with Gasteiger partial charge in [0, 0.05) is 51.0 Å². The van der Waals surface area contributed by atoms with E-state index < -0.39 is 0 Å². The SMILES string of the molecule is C=C(C)B1OC(C)(C)C(C)(C)O1.C=C(C)c1cc(C(=C)C)c2ccncc2c1.Clc1cc(Cl)c2ccncc2c1. The lowest BCUT2D eigenvalue weighted by Crippen LogP contribution is -2.41. The van der Waals surface area contributed by atoms with Gasteiger partial charge in [-0.2, -0.15) is 0 Å². The lowest BCUT2D eigenvalue weighted by molar-refractivity contribution is 0.00578. The fourth-order valence-electron chi connectivity index (χ4n) is 3.98. The first-order valence-electron chi connectivity index (χ1n) is 13.0. The molecule has 0 atom stereocenters. The van der Waals surface area contributed by atoms with Crippen LogP contribution in [0.4, 0.5) is 0 Å². The maximum Gasteiger partial charge on any atom is 0.489 e. The van der Waals surface area contributed by atoms with Crippen LogP contribution in [0.25, 0.3) is 32.7 Å². The van der Waals surface area contributed by atoms with Crippen molar-refractivity contribution in [2.45, 2.75) is 59.7 Å². The lowest BCUT2D eigenvalue weighted by Gasteiger charge is -2.32. The average molecular weight is 575 g/mol. The molecule has 0 spiro atoms. The Bertz CT molecular complexity index is 1560. The van der Waals surface area contributed by atoms with Gasteiger partial charge in [-0.25, -0.2) is 0 Å². The van der Waals surface area contributed by atoms with Crippen LogP contribution in [0.3, 0.4) is 0 Å². The molecule has 4 aromatic rings. The molecule has 4 nitrogen and oxygen atoms in total. The van der Waals surface area contributed by atoms with Gasteiger partial charge < -0.3 is 9.31 Å². The van der Waals surface area contributed by atoms with Crippen LogP contribution < -0.4 is 0 Å². The monoisotopic (exact) mass is 574 g/mol. The zero-order chi connectivity index (χ0) is 29.8.